The first-order valence-corrected chi connectivity index (χ1v) is 10.8. The van der Waals surface area contributed by atoms with Crippen LogP contribution in [0.15, 0.2) is 77.7 Å². The topological polar surface area (TPSA) is 66.5 Å². The summed E-state index contributed by atoms with van der Waals surface area (Å²) in [4.78, 5) is 39.3. The number of carbonyl (C=O) groups is 3. The molecule has 3 aromatic carbocycles. The van der Waals surface area contributed by atoms with Gasteiger partial charge in [-0.1, -0.05) is 30.3 Å². The second-order valence-corrected chi connectivity index (χ2v) is 8.14. The lowest BCUT2D eigenvalue weighted by molar-refractivity contribution is 0.0654. The van der Waals surface area contributed by atoms with Gasteiger partial charge in [-0.3, -0.25) is 19.3 Å². The van der Waals surface area contributed by atoms with Crippen LogP contribution < -0.4 is 5.32 Å². The van der Waals surface area contributed by atoms with Crippen molar-refractivity contribution in [2.24, 2.45) is 0 Å². The minimum absolute atomic E-state index is 0.0125. The molecular weight excluding hydrogens is 415 g/mol. The monoisotopic (exact) mass is 434 g/mol. The Balaban J connectivity index is 1.30. The van der Waals surface area contributed by atoms with Crippen molar-refractivity contribution in [1.82, 2.24) is 4.90 Å². The van der Waals surface area contributed by atoms with E-state index in [0.29, 0.717) is 35.5 Å². The van der Waals surface area contributed by atoms with Crippen molar-refractivity contribution < 1.29 is 18.8 Å². The van der Waals surface area contributed by atoms with Crippen molar-refractivity contribution in [3.63, 3.8) is 0 Å². The highest BCUT2D eigenvalue weighted by Crippen LogP contribution is 2.25. The lowest BCUT2D eigenvalue weighted by Crippen LogP contribution is -2.30. The number of halogens is 1. The van der Waals surface area contributed by atoms with Crippen LogP contribution in [0.3, 0.4) is 0 Å². The molecule has 1 heterocycles. The van der Waals surface area contributed by atoms with Crippen molar-refractivity contribution in [1.29, 1.82) is 0 Å². The highest BCUT2D eigenvalue weighted by molar-refractivity contribution is 7.99. The molecule has 0 atom stereocenters. The van der Waals surface area contributed by atoms with Crippen molar-refractivity contribution >= 4 is 35.2 Å². The third-order valence-corrected chi connectivity index (χ3v) is 5.96. The van der Waals surface area contributed by atoms with Crippen LogP contribution in [0.1, 0.15) is 37.5 Å². The molecule has 3 aromatic rings. The van der Waals surface area contributed by atoms with Gasteiger partial charge in [0, 0.05) is 17.1 Å². The van der Waals surface area contributed by atoms with E-state index in [1.807, 2.05) is 18.2 Å². The van der Waals surface area contributed by atoms with Gasteiger partial charge in [0.25, 0.3) is 17.7 Å². The lowest BCUT2D eigenvalue weighted by atomic mass is 10.1. The number of thioether (sulfide) groups is 1. The van der Waals surface area contributed by atoms with E-state index in [1.165, 1.54) is 23.1 Å². The first-order valence-electron chi connectivity index (χ1n) is 9.78. The van der Waals surface area contributed by atoms with Gasteiger partial charge in [0.05, 0.1) is 16.7 Å². The number of hydrogen-bond donors (Lipinski definition) is 1. The molecule has 156 valence electrons. The van der Waals surface area contributed by atoms with Crippen LogP contribution >= 0.6 is 11.8 Å². The molecule has 0 radical (unpaired) electrons. The van der Waals surface area contributed by atoms with Gasteiger partial charge in [0.2, 0.25) is 0 Å². The molecule has 1 aliphatic rings. The molecule has 0 saturated heterocycles. The largest absolute Gasteiger partial charge is 0.322 e. The second-order valence-electron chi connectivity index (χ2n) is 6.97. The summed E-state index contributed by atoms with van der Waals surface area (Å²) in [6, 6.07) is 19.9. The SMILES string of the molecule is O=C(Nc1cccc(SCCCN2C(=O)c3ccccc3C2=O)c1)c1ccccc1F. The van der Waals surface area contributed by atoms with Gasteiger partial charge in [-0.2, -0.15) is 0 Å². The van der Waals surface area contributed by atoms with E-state index in [4.69, 9.17) is 0 Å². The smallest absolute Gasteiger partial charge is 0.261 e. The summed E-state index contributed by atoms with van der Waals surface area (Å²) in [5.74, 6) is -0.880. The second kappa shape index (κ2) is 9.14. The van der Waals surface area contributed by atoms with Gasteiger partial charge in [-0.05, 0) is 54.6 Å². The fraction of sp³-hybridized carbons (Fsp3) is 0.125. The number of nitrogens with one attached hydrogen (secondary N) is 1. The number of carbonyl (C=O) groups excluding carboxylic acids is 3. The molecule has 3 amide bonds. The Labute approximate surface area is 183 Å². The highest BCUT2D eigenvalue weighted by atomic mass is 32.2. The summed E-state index contributed by atoms with van der Waals surface area (Å²) in [6.45, 7) is 0.350. The maximum Gasteiger partial charge on any atom is 0.261 e. The zero-order chi connectivity index (χ0) is 21.8. The van der Waals surface area contributed by atoms with Crippen molar-refractivity contribution in [3.8, 4) is 0 Å². The molecule has 7 heteroatoms. The van der Waals surface area contributed by atoms with E-state index >= 15 is 0 Å². The van der Waals surface area contributed by atoms with Crippen LogP contribution in [0.5, 0.6) is 0 Å². The Morgan fingerprint density at radius 2 is 1.58 bits per heavy atom. The number of hydrogen-bond acceptors (Lipinski definition) is 4. The zero-order valence-electron chi connectivity index (χ0n) is 16.5. The molecule has 1 N–H and O–H groups in total. The summed E-state index contributed by atoms with van der Waals surface area (Å²) < 4.78 is 13.8. The molecule has 5 nitrogen and oxygen atoms in total. The minimum Gasteiger partial charge on any atom is -0.322 e. The summed E-state index contributed by atoms with van der Waals surface area (Å²) in [5, 5.41) is 2.71. The number of anilines is 1. The van der Waals surface area contributed by atoms with Gasteiger partial charge in [0.1, 0.15) is 5.82 Å². The van der Waals surface area contributed by atoms with E-state index < -0.39 is 11.7 Å². The molecule has 0 saturated carbocycles. The molecular formula is C24H19FN2O3S. The van der Waals surface area contributed by atoms with Crippen molar-refractivity contribution in [2.45, 2.75) is 11.3 Å². The Morgan fingerprint density at radius 3 is 2.29 bits per heavy atom. The van der Waals surface area contributed by atoms with Crippen LogP contribution in [0.2, 0.25) is 0 Å². The number of benzene rings is 3. The van der Waals surface area contributed by atoms with Crippen LogP contribution in [-0.2, 0) is 0 Å². The van der Waals surface area contributed by atoms with Crippen LogP contribution in [-0.4, -0.2) is 34.9 Å². The molecule has 0 unspecified atom stereocenters. The number of fused-ring (bicyclic) bond motifs is 1. The standard InChI is InChI=1S/C24H19FN2O3S/c25-21-12-4-3-11-20(21)22(28)26-16-7-5-8-17(15-16)31-14-6-13-27-23(29)18-9-1-2-10-19(18)24(27)30/h1-5,7-12,15H,6,13-14H2,(H,26,28). The molecule has 0 aliphatic carbocycles. The number of imide groups is 1. The number of nitrogens with zero attached hydrogens (tertiary/aromatic N) is 1. The van der Waals surface area contributed by atoms with Gasteiger partial charge in [0.15, 0.2) is 0 Å². The first kappa shape index (κ1) is 20.8. The normalized spacial score (nSPS) is 12.7. The molecule has 0 fully saturated rings. The van der Waals surface area contributed by atoms with E-state index in [0.717, 1.165) is 4.90 Å². The van der Waals surface area contributed by atoms with Crippen molar-refractivity contribution in [3.05, 3.63) is 95.3 Å². The molecule has 0 aromatic heterocycles. The highest BCUT2D eigenvalue weighted by Gasteiger charge is 2.34. The van der Waals surface area contributed by atoms with Gasteiger partial charge >= 0.3 is 0 Å². The molecule has 0 spiro atoms. The van der Waals surface area contributed by atoms with Crippen LogP contribution in [0.4, 0.5) is 10.1 Å². The third-order valence-electron chi connectivity index (χ3n) is 4.88. The Morgan fingerprint density at radius 1 is 0.903 bits per heavy atom. The predicted molar refractivity (Wildman–Crippen MR) is 118 cm³/mol. The average molecular weight is 434 g/mol. The molecule has 1 aliphatic heterocycles. The molecule has 4 rings (SSSR count). The van der Waals surface area contributed by atoms with Gasteiger partial charge < -0.3 is 5.32 Å². The Bertz CT molecular complexity index is 1130. The predicted octanol–water partition coefficient (Wildman–Crippen LogP) is 4.86. The van der Waals surface area contributed by atoms with Crippen molar-refractivity contribution in [2.75, 3.05) is 17.6 Å². The summed E-state index contributed by atoms with van der Waals surface area (Å²) in [6.07, 6.45) is 0.641. The Hall–Kier alpha value is -3.45. The number of amides is 3. The third kappa shape index (κ3) is 4.51. The van der Waals surface area contributed by atoms with E-state index in [2.05, 4.69) is 5.32 Å². The Kier molecular flexibility index (Phi) is 6.13. The first-order chi connectivity index (χ1) is 15.0. The molecule has 0 bridgehead atoms. The summed E-state index contributed by atoms with van der Waals surface area (Å²) >= 11 is 1.56. The quantitative estimate of drug-likeness (QED) is 0.328. The lowest BCUT2D eigenvalue weighted by Gasteiger charge is -2.13. The van der Waals surface area contributed by atoms with E-state index in [-0.39, 0.29) is 17.4 Å². The maximum absolute atomic E-state index is 13.8. The van der Waals surface area contributed by atoms with Gasteiger partial charge in [-0.25, -0.2) is 4.39 Å². The van der Waals surface area contributed by atoms with E-state index in [1.54, 1.807) is 48.2 Å². The maximum atomic E-state index is 13.8. The average Bonchev–Trinajstić information content (AvgIpc) is 3.02. The summed E-state index contributed by atoms with van der Waals surface area (Å²) in [7, 11) is 0. The minimum atomic E-state index is -0.571. The fourth-order valence-corrected chi connectivity index (χ4v) is 4.26. The summed E-state index contributed by atoms with van der Waals surface area (Å²) in [5.41, 5.74) is 1.47. The van der Waals surface area contributed by atoms with E-state index in [9.17, 15) is 18.8 Å². The number of rotatable bonds is 7. The van der Waals surface area contributed by atoms with Crippen LogP contribution in [0, 0.1) is 5.82 Å². The van der Waals surface area contributed by atoms with Crippen LogP contribution in [0.25, 0.3) is 0 Å². The zero-order valence-corrected chi connectivity index (χ0v) is 17.3. The fourth-order valence-electron chi connectivity index (χ4n) is 3.36. The van der Waals surface area contributed by atoms with Gasteiger partial charge in [-0.15, -0.1) is 11.8 Å². The molecule has 31 heavy (non-hydrogen) atoms.